The average molecular weight is 416 g/mol. The van der Waals surface area contributed by atoms with Crippen molar-refractivity contribution in [2.24, 2.45) is 0 Å². The van der Waals surface area contributed by atoms with Gasteiger partial charge in [0, 0.05) is 39.6 Å². The Morgan fingerprint density at radius 3 is 2.57 bits per heavy atom. The number of piperazine rings is 1. The van der Waals surface area contributed by atoms with Gasteiger partial charge in [-0.2, -0.15) is 0 Å². The summed E-state index contributed by atoms with van der Waals surface area (Å²) in [5.74, 6) is 0.0301. The number of likely N-dealkylation sites (N-methyl/N-ethyl adjacent to an activating group) is 1. The topological polar surface area (TPSA) is 56.4 Å². The normalized spacial score (nSPS) is 21.4. The predicted octanol–water partition coefficient (Wildman–Crippen LogP) is 4.01. The van der Waals surface area contributed by atoms with Gasteiger partial charge >= 0.3 is 0 Å². The number of aromatic amines is 1. The summed E-state index contributed by atoms with van der Waals surface area (Å²) >= 11 is 1.72. The molecule has 1 saturated heterocycles. The molecule has 150 valence electrons. The molecule has 5 nitrogen and oxygen atoms in total. The van der Waals surface area contributed by atoms with Gasteiger partial charge in [-0.05, 0) is 35.6 Å². The lowest BCUT2D eigenvalue weighted by Gasteiger charge is -2.46. The predicted molar refractivity (Wildman–Crippen MR) is 119 cm³/mol. The van der Waals surface area contributed by atoms with Crippen LogP contribution in [0.4, 0.5) is 0 Å². The smallest absolute Gasteiger partial charge is 0.245 e. The third-order valence-electron chi connectivity index (χ3n) is 6.58. The van der Waals surface area contributed by atoms with E-state index >= 15 is 0 Å². The lowest BCUT2D eigenvalue weighted by molar-refractivity contribution is -0.157. The maximum atomic E-state index is 13.2. The second-order valence-corrected chi connectivity index (χ2v) is 9.35. The van der Waals surface area contributed by atoms with Crippen molar-refractivity contribution in [1.29, 1.82) is 0 Å². The van der Waals surface area contributed by atoms with Crippen molar-refractivity contribution in [3.05, 3.63) is 70.2 Å². The van der Waals surface area contributed by atoms with Crippen LogP contribution in [0, 0.1) is 6.92 Å². The van der Waals surface area contributed by atoms with Crippen LogP contribution in [-0.4, -0.2) is 46.2 Å². The first kappa shape index (κ1) is 17.7. The van der Waals surface area contributed by atoms with Gasteiger partial charge in [-0.15, -0.1) is 11.3 Å². The van der Waals surface area contributed by atoms with Crippen molar-refractivity contribution in [2.45, 2.75) is 25.4 Å². The van der Waals surface area contributed by atoms with Gasteiger partial charge in [-0.3, -0.25) is 9.59 Å². The standard InChI is InChI=1S/C24H21N3O2S/c1-13-14-7-4-6-10-19(14)30-23(13)22-21-16(15-8-3-5-9-17(15)25-21)11-18-24(29)26(2)12-20(28)27(18)22/h3-10,18,22,25H,11-12H2,1-2H3. The van der Waals surface area contributed by atoms with E-state index in [4.69, 9.17) is 0 Å². The van der Waals surface area contributed by atoms with Crippen molar-refractivity contribution in [3.8, 4) is 0 Å². The van der Waals surface area contributed by atoms with Gasteiger partial charge in [-0.25, -0.2) is 0 Å². The number of carbonyl (C=O) groups excluding carboxylic acids is 2. The van der Waals surface area contributed by atoms with Crippen LogP contribution in [-0.2, 0) is 16.0 Å². The Morgan fingerprint density at radius 2 is 1.77 bits per heavy atom. The molecule has 6 heteroatoms. The summed E-state index contributed by atoms with van der Waals surface area (Å²) in [6.07, 6.45) is 0.550. The molecule has 2 aliphatic heterocycles. The number of thiophene rings is 1. The summed E-state index contributed by atoms with van der Waals surface area (Å²) in [6.45, 7) is 2.26. The van der Waals surface area contributed by atoms with Gasteiger partial charge < -0.3 is 14.8 Å². The highest BCUT2D eigenvalue weighted by Crippen LogP contribution is 2.47. The van der Waals surface area contributed by atoms with Gasteiger partial charge in [0.15, 0.2) is 0 Å². The first-order valence-corrected chi connectivity index (χ1v) is 11.0. The van der Waals surface area contributed by atoms with E-state index in [1.807, 2.05) is 23.1 Å². The minimum Gasteiger partial charge on any atom is -0.356 e. The summed E-state index contributed by atoms with van der Waals surface area (Å²) in [4.78, 5) is 34.5. The third kappa shape index (κ3) is 2.28. The monoisotopic (exact) mass is 415 g/mol. The second kappa shape index (κ2) is 6.19. The summed E-state index contributed by atoms with van der Waals surface area (Å²) in [5, 5.41) is 2.36. The Hall–Kier alpha value is -3.12. The fourth-order valence-electron chi connectivity index (χ4n) is 5.14. The van der Waals surface area contributed by atoms with Crippen LogP contribution in [0.15, 0.2) is 48.5 Å². The number of nitrogens with zero attached hydrogens (tertiary/aromatic N) is 2. The van der Waals surface area contributed by atoms with E-state index in [1.165, 1.54) is 15.6 Å². The lowest BCUT2D eigenvalue weighted by Crippen LogP contribution is -2.62. The summed E-state index contributed by atoms with van der Waals surface area (Å²) in [5.41, 5.74) is 4.45. The second-order valence-electron chi connectivity index (χ2n) is 8.27. The molecule has 0 radical (unpaired) electrons. The number of aromatic nitrogens is 1. The van der Waals surface area contributed by atoms with Gasteiger partial charge in [0.1, 0.15) is 12.1 Å². The highest BCUT2D eigenvalue weighted by Gasteiger charge is 2.48. The fraction of sp³-hybridized carbons (Fsp3) is 0.250. The molecule has 6 rings (SSSR count). The minimum atomic E-state index is -0.461. The number of amides is 2. The van der Waals surface area contributed by atoms with Crippen LogP contribution in [0.3, 0.4) is 0 Å². The molecule has 0 bridgehead atoms. The lowest BCUT2D eigenvalue weighted by atomic mass is 9.88. The molecular weight excluding hydrogens is 394 g/mol. The van der Waals surface area contributed by atoms with Crippen molar-refractivity contribution >= 4 is 44.1 Å². The molecule has 2 aromatic carbocycles. The molecule has 2 amide bonds. The number of aryl methyl sites for hydroxylation is 1. The molecule has 1 fully saturated rings. The summed E-state index contributed by atoms with van der Waals surface area (Å²) < 4.78 is 1.21. The van der Waals surface area contributed by atoms with E-state index in [9.17, 15) is 9.59 Å². The SMILES string of the molecule is Cc1c(C2c3[nH]c4ccccc4c3CC3C(=O)N(C)CC(=O)N32)sc2ccccc12. The van der Waals surface area contributed by atoms with Gasteiger partial charge in [0.2, 0.25) is 11.8 Å². The van der Waals surface area contributed by atoms with Gasteiger partial charge in [0.05, 0.1) is 6.54 Å². The summed E-state index contributed by atoms with van der Waals surface area (Å²) in [6, 6.07) is 15.8. The van der Waals surface area contributed by atoms with E-state index in [-0.39, 0.29) is 24.4 Å². The Bertz CT molecular complexity index is 1350. The van der Waals surface area contributed by atoms with Crippen LogP contribution < -0.4 is 0 Å². The van der Waals surface area contributed by atoms with Crippen LogP contribution in [0.2, 0.25) is 0 Å². The number of hydrogen-bond acceptors (Lipinski definition) is 3. The van der Waals surface area contributed by atoms with E-state index in [1.54, 1.807) is 23.3 Å². The van der Waals surface area contributed by atoms with Gasteiger partial charge in [0.25, 0.3) is 0 Å². The number of benzene rings is 2. The Morgan fingerprint density at radius 1 is 1.03 bits per heavy atom. The quantitative estimate of drug-likeness (QED) is 0.511. The molecule has 0 saturated carbocycles. The molecule has 4 heterocycles. The van der Waals surface area contributed by atoms with E-state index in [0.717, 1.165) is 27.0 Å². The fourth-order valence-corrected chi connectivity index (χ4v) is 6.46. The molecular formula is C24H21N3O2S. The Labute approximate surface area is 177 Å². The molecule has 0 aliphatic carbocycles. The Kier molecular flexibility index (Phi) is 3.65. The maximum Gasteiger partial charge on any atom is 0.245 e. The first-order chi connectivity index (χ1) is 14.5. The highest BCUT2D eigenvalue weighted by molar-refractivity contribution is 7.19. The molecule has 2 unspecified atom stereocenters. The van der Waals surface area contributed by atoms with Gasteiger partial charge in [-0.1, -0.05) is 36.4 Å². The number of H-pyrrole nitrogens is 1. The third-order valence-corrected chi connectivity index (χ3v) is 7.91. The largest absolute Gasteiger partial charge is 0.356 e. The van der Waals surface area contributed by atoms with E-state index in [2.05, 4.69) is 42.2 Å². The zero-order valence-electron chi connectivity index (χ0n) is 16.8. The molecule has 1 N–H and O–H groups in total. The Balaban J connectivity index is 1.65. The van der Waals surface area contributed by atoms with Crippen molar-refractivity contribution < 1.29 is 9.59 Å². The molecule has 0 spiro atoms. The minimum absolute atomic E-state index is 0.00765. The molecule has 4 aromatic rings. The van der Waals surface area contributed by atoms with E-state index < -0.39 is 6.04 Å². The first-order valence-electron chi connectivity index (χ1n) is 10.2. The van der Waals surface area contributed by atoms with Crippen LogP contribution >= 0.6 is 11.3 Å². The number of hydrogen-bond donors (Lipinski definition) is 1. The summed E-state index contributed by atoms with van der Waals surface area (Å²) in [7, 11) is 1.72. The van der Waals surface area contributed by atoms with Crippen LogP contribution in [0.25, 0.3) is 21.0 Å². The average Bonchev–Trinajstić information content (AvgIpc) is 3.29. The number of rotatable bonds is 1. The van der Waals surface area contributed by atoms with E-state index in [0.29, 0.717) is 6.42 Å². The number of fused-ring (bicyclic) bond motifs is 5. The number of carbonyl (C=O) groups is 2. The van der Waals surface area contributed by atoms with Crippen molar-refractivity contribution in [3.63, 3.8) is 0 Å². The number of para-hydroxylation sites is 1. The molecule has 2 aromatic heterocycles. The van der Waals surface area contributed by atoms with Crippen molar-refractivity contribution in [1.82, 2.24) is 14.8 Å². The molecule has 30 heavy (non-hydrogen) atoms. The number of nitrogens with one attached hydrogen (secondary N) is 1. The van der Waals surface area contributed by atoms with Crippen LogP contribution in [0.1, 0.15) is 27.7 Å². The highest BCUT2D eigenvalue weighted by atomic mass is 32.1. The maximum absolute atomic E-state index is 13.2. The van der Waals surface area contributed by atoms with Crippen molar-refractivity contribution in [2.75, 3.05) is 13.6 Å². The van der Waals surface area contributed by atoms with Crippen LogP contribution in [0.5, 0.6) is 0 Å². The zero-order valence-corrected chi connectivity index (χ0v) is 17.6. The molecule has 2 aliphatic rings. The zero-order chi connectivity index (χ0) is 20.6. The molecule has 2 atom stereocenters.